The Morgan fingerprint density at radius 3 is 2.69 bits per heavy atom. The van der Waals surface area contributed by atoms with Gasteiger partial charge in [0, 0.05) is 23.6 Å². The molecule has 0 unspecified atom stereocenters. The van der Waals surface area contributed by atoms with Crippen LogP contribution in [0.5, 0.6) is 11.5 Å². The van der Waals surface area contributed by atoms with Crippen molar-refractivity contribution in [3.05, 3.63) is 54.7 Å². The number of unbranched alkanes of at least 4 members (excludes halogenated alkanes) is 1. The second-order valence-corrected chi connectivity index (χ2v) is 7.74. The highest BCUT2D eigenvalue weighted by Gasteiger charge is 2.31. The molecule has 4 aromatic rings. The van der Waals surface area contributed by atoms with E-state index in [1.54, 1.807) is 30.3 Å². The molecule has 0 aliphatic rings. The first-order valence-corrected chi connectivity index (χ1v) is 11.1. The summed E-state index contributed by atoms with van der Waals surface area (Å²) in [7, 11) is 0. The van der Waals surface area contributed by atoms with Gasteiger partial charge in [-0.3, -0.25) is 9.89 Å². The number of halogens is 3. The van der Waals surface area contributed by atoms with Crippen molar-refractivity contribution in [2.75, 3.05) is 18.5 Å². The average molecular weight is 500 g/mol. The fraction of sp³-hybridized carbons (Fsp3) is 0.250. The van der Waals surface area contributed by atoms with Crippen LogP contribution >= 0.6 is 0 Å². The number of nitrogens with one attached hydrogen (secondary N) is 3. The van der Waals surface area contributed by atoms with Crippen LogP contribution in [-0.4, -0.2) is 45.6 Å². The van der Waals surface area contributed by atoms with Crippen molar-refractivity contribution in [1.29, 1.82) is 0 Å². The van der Waals surface area contributed by atoms with E-state index >= 15 is 0 Å². The molecule has 0 aliphatic heterocycles. The van der Waals surface area contributed by atoms with Crippen LogP contribution in [0, 0.1) is 0 Å². The summed E-state index contributed by atoms with van der Waals surface area (Å²) in [4.78, 5) is 21.0. The molecule has 0 saturated heterocycles. The molecule has 188 valence electrons. The van der Waals surface area contributed by atoms with Gasteiger partial charge in [0.15, 0.2) is 12.4 Å². The van der Waals surface area contributed by atoms with Crippen molar-refractivity contribution in [1.82, 2.24) is 25.5 Å². The number of hydrogen-bond donors (Lipinski definition) is 3. The third-order valence-electron chi connectivity index (χ3n) is 4.97. The van der Waals surface area contributed by atoms with E-state index in [1.807, 2.05) is 6.92 Å². The summed E-state index contributed by atoms with van der Waals surface area (Å²) in [5.74, 6) is 0.846. The average Bonchev–Trinajstić information content (AvgIpc) is 3.35. The molecule has 2 aromatic heterocycles. The van der Waals surface area contributed by atoms with Crippen LogP contribution < -0.4 is 20.1 Å². The van der Waals surface area contributed by atoms with Crippen molar-refractivity contribution in [3.8, 4) is 22.9 Å². The Balaban J connectivity index is 1.63. The van der Waals surface area contributed by atoms with E-state index in [-0.39, 0.29) is 18.3 Å². The molecule has 2 heterocycles. The van der Waals surface area contributed by atoms with Crippen LogP contribution in [-0.2, 0) is 4.79 Å². The molecule has 0 radical (unpaired) electrons. The summed E-state index contributed by atoms with van der Waals surface area (Å²) < 4.78 is 47.9. The number of aromatic nitrogens is 4. The Morgan fingerprint density at radius 1 is 1.08 bits per heavy atom. The molecule has 0 fully saturated rings. The number of hydrogen-bond acceptors (Lipinski definition) is 7. The van der Waals surface area contributed by atoms with E-state index in [2.05, 4.69) is 35.5 Å². The molecule has 0 atom stereocenters. The van der Waals surface area contributed by atoms with Gasteiger partial charge in [0.2, 0.25) is 0 Å². The minimum atomic E-state index is -4.83. The van der Waals surface area contributed by atoms with Crippen molar-refractivity contribution in [2.45, 2.75) is 26.1 Å². The zero-order chi connectivity index (χ0) is 25.5. The van der Waals surface area contributed by atoms with Crippen molar-refractivity contribution >= 4 is 28.4 Å². The van der Waals surface area contributed by atoms with Crippen LogP contribution in [0.2, 0.25) is 0 Å². The van der Waals surface area contributed by atoms with E-state index in [0.29, 0.717) is 40.4 Å². The number of carbonyl (C=O) groups is 1. The second-order valence-electron chi connectivity index (χ2n) is 7.74. The highest BCUT2D eigenvalue weighted by Crippen LogP contribution is 2.32. The van der Waals surface area contributed by atoms with Crippen LogP contribution in [0.1, 0.15) is 19.8 Å². The van der Waals surface area contributed by atoms with Gasteiger partial charge in [0.05, 0.1) is 11.7 Å². The van der Waals surface area contributed by atoms with Crippen LogP contribution in [0.15, 0.2) is 54.7 Å². The topological polar surface area (TPSA) is 114 Å². The third-order valence-corrected chi connectivity index (χ3v) is 4.97. The zero-order valence-corrected chi connectivity index (χ0v) is 19.2. The maximum atomic E-state index is 12.7. The lowest BCUT2D eigenvalue weighted by atomic mass is 10.1. The molecular weight excluding hydrogens is 477 g/mol. The van der Waals surface area contributed by atoms with Crippen molar-refractivity contribution in [2.24, 2.45) is 0 Å². The van der Waals surface area contributed by atoms with Crippen LogP contribution in [0.25, 0.3) is 22.3 Å². The molecule has 0 aliphatic carbocycles. The molecule has 1 amide bonds. The number of amides is 1. The fourth-order valence-electron chi connectivity index (χ4n) is 3.31. The molecule has 12 heteroatoms. The molecule has 9 nitrogen and oxygen atoms in total. The maximum absolute atomic E-state index is 12.7. The normalized spacial score (nSPS) is 11.3. The summed E-state index contributed by atoms with van der Waals surface area (Å²) in [5.41, 5.74) is 0.974. The molecule has 0 saturated carbocycles. The monoisotopic (exact) mass is 500 g/mol. The standard InChI is InChI=1S/C24H23F3N6O3/c1-2-3-10-28-21(34)14-35-16-6-4-5-15(12-16)22-30-19-8-7-17(36-24(25,26)27)13-18(19)23(32-22)31-20-9-11-29-33-20/h4-9,11-13H,2-3,10,14H2,1H3,(H,28,34)(H2,29,30,31,32,33). The van der Waals surface area contributed by atoms with Gasteiger partial charge in [-0.25, -0.2) is 9.97 Å². The van der Waals surface area contributed by atoms with Gasteiger partial charge in [0.25, 0.3) is 5.91 Å². The number of H-pyrrole nitrogens is 1. The molecular formula is C24H23F3N6O3. The number of carbonyl (C=O) groups excluding carboxylic acids is 1. The predicted molar refractivity (Wildman–Crippen MR) is 127 cm³/mol. The number of aromatic amines is 1. The summed E-state index contributed by atoms with van der Waals surface area (Å²) in [6.07, 6.45) is -1.45. The van der Waals surface area contributed by atoms with Gasteiger partial charge in [-0.15, -0.1) is 13.2 Å². The van der Waals surface area contributed by atoms with Crippen LogP contribution in [0.4, 0.5) is 24.8 Å². The molecule has 0 spiro atoms. The van der Waals surface area contributed by atoms with Gasteiger partial charge >= 0.3 is 6.36 Å². The Bertz CT molecular complexity index is 1330. The first kappa shape index (κ1) is 24.8. The Labute approximate surface area is 204 Å². The number of fused-ring (bicyclic) bond motifs is 1. The largest absolute Gasteiger partial charge is 0.573 e. The number of nitrogens with zero attached hydrogens (tertiary/aromatic N) is 3. The summed E-state index contributed by atoms with van der Waals surface area (Å²) in [6, 6.07) is 12.3. The van der Waals surface area contributed by atoms with Gasteiger partial charge < -0.3 is 20.1 Å². The lowest BCUT2D eigenvalue weighted by molar-refractivity contribution is -0.274. The first-order chi connectivity index (χ1) is 17.3. The Morgan fingerprint density at radius 2 is 1.94 bits per heavy atom. The number of anilines is 2. The Kier molecular flexibility index (Phi) is 7.52. The number of rotatable bonds is 10. The molecule has 4 rings (SSSR count). The minimum Gasteiger partial charge on any atom is -0.484 e. The van der Waals surface area contributed by atoms with Gasteiger partial charge in [-0.2, -0.15) is 5.10 Å². The maximum Gasteiger partial charge on any atom is 0.573 e. The lowest BCUT2D eigenvalue weighted by Gasteiger charge is -2.13. The van der Waals surface area contributed by atoms with Gasteiger partial charge in [-0.1, -0.05) is 25.5 Å². The van der Waals surface area contributed by atoms with Crippen molar-refractivity contribution < 1.29 is 27.4 Å². The van der Waals surface area contributed by atoms with E-state index < -0.39 is 12.1 Å². The number of benzene rings is 2. The molecule has 3 N–H and O–H groups in total. The minimum absolute atomic E-state index is 0.139. The summed E-state index contributed by atoms with van der Waals surface area (Å²) in [5, 5.41) is 12.7. The smallest absolute Gasteiger partial charge is 0.484 e. The quantitative estimate of drug-likeness (QED) is 0.264. The van der Waals surface area contributed by atoms with Gasteiger partial charge in [0.1, 0.15) is 23.1 Å². The summed E-state index contributed by atoms with van der Waals surface area (Å²) >= 11 is 0. The second kappa shape index (κ2) is 10.9. The summed E-state index contributed by atoms with van der Waals surface area (Å²) in [6.45, 7) is 2.49. The fourth-order valence-corrected chi connectivity index (χ4v) is 3.31. The van der Waals surface area contributed by atoms with E-state index in [0.717, 1.165) is 12.8 Å². The third kappa shape index (κ3) is 6.62. The number of ether oxygens (including phenoxy) is 2. The van der Waals surface area contributed by atoms with Gasteiger partial charge in [-0.05, 0) is 36.8 Å². The number of alkyl halides is 3. The van der Waals surface area contributed by atoms with Crippen molar-refractivity contribution in [3.63, 3.8) is 0 Å². The first-order valence-electron chi connectivity index (χ1n) is 11.1. The van der Waals surface area contributed by atoms with E-state index in [9.17, 15) is 18.0 Å². The highest BCUT2D eigenvalue weighted by molar-refractivity contribution is 5.93. The Hall–Kier alpha value is -4.35. The zero-order valence-electron chi connectivity index (χ0n) is 19.2. The molecule has 36 heavy (non-hydrogen) atoms. The van der Waals surface area contributed by atoms with Crippen LogP contribution in [0.3, 0.4) is 0 Å². The molecule has 2 aromatic carbocycles. The lowest BCUT2D eigenvalue weighted by Crippen LogP contribution is -2.29. The molecule has 0 bridgehead atoms. The predicted octanol–water partition coefficient (Wildman–Crippen LogP) is 4.96. The SMILES string of the molecule is CCCCNC(=O)COc1cccc(-c2nc(Nc3ccn[nH]3)c3cc(OC(F)(F)F)ccc3n2)c1. The highest BCUT2D eigenvalue weighted by atomic mass is 19.4. The van der Waals surface area contributed by atoms with E-state index in [1.165, 1.54) is 24.4 Å². The van der Waals surface area contributed by atoms with E-state index in [4.69, 9.17) is 4.74 Å².